The van der Waals surface area contributed by atoms with Crippen LogP contribution in [0.4, 0.5) is 10.6 Å². The Labute approximate surface area is 134 Å². The van der Waals surface area contributed by atoms with E-state index < -0.39 is 12.1 Å². The Balaban J connectivity index is 2.02. The molecule has 9 nitrogen and oxygen atoms in total. The molecule has 0 bridgehead atoms. The van der Waals surface area contributed by atoms with Gasteiger partial charge in [-0.05, 0) is 12.3 Å². The van der Waals surface area contributed by atoms with Crippen LogP contribution in [0.3, 0.4) is 0 Å². The van der Waals surface area contributed by atoms with Crippen molar-refractivity contribution < 1.29 is 18.8 Å². The summed E-state index contributed by atoms with van der Waals surface area (Å²) in [7, 11) is 1.43. The number of rotatable bonds is 5. The summed E-state index contributed by atoms with van der Waals surface area (Å²) in [5.41, 5.74) is 5.99. The van der Waals surface area contributed by atoms with Gasteiger partial charge in [-0.1, -0.05) is 25.4 Å². The van der Waals surface area contributed by atoms with Gasteiger partial charge in [0.25, 0.3) is 5.91 Å². The Hall–Kier alpha value is -2.29. The van der Waals surface area contributed by atoms with Crippen LogP contribution >= 0.6 is 0 Å². The summed E-state index contributed by atoms with van der Waals surface area (Å²) in [6.07, 6.45) is 1.50. The van der Waals surface area contributed by atoms with Crippen molar-refractivity contribution >= 4 is 17.8 Å². The van der Waals surface area contributed by atoms with E-state index in [4.69, 9.17) is 15.0 Å². The highest BCUT2D eigenvalue weighted by molar-refractivity contribution is 5.91. The number of ether oxygens (including phenoxy) is 1. The van der Waals surface area contributed by atoms with Crippen molar-refractivity contribution in [3.8, 4) is 5.95 Å². The van der Waals surface area contributed by atoms with E-state index in [2.05, 4.69) is 10.5 Å². The minimum Gasteiger partial charge on any atom is -0.467 e. The van der Waals surface area contributed by atoms with Gasteiger partial charge in [-0.3, -0.25) is 10.1 Å². The molecule has 2 atom stereocenters. The Morgan fingerprint density at radius 2 is 2.17 bits per heavy atom. The number of hydrazine groups is 1. The Morgan fingerprint density at radius 3 is 2.78 bits per heavy atom. The summed E-state index contributed by atoms with van der Waals surface area (Å²) in [5.74, 6) is 0.211. The molecule has 1 fully saturated rings. The van der Waals surface area contributed by atoms with Crippen molar-refractivity contribution in [2.45, 2.75) is 32.7 Å². The molecule has 128 valence electrons. The monoisotopic (exact) mass is 325 g/mol. The number of carbonyl (C=O) groups excluding carboxylic acids is 2. The van der Waals surface area contributed by atoms with Gasteiger partial charge in [-0.25, -0.2) is 14.8 Å². The Morgan fingerprint density at radius 1 is 1.48 bits per heavy atom. The molecule has 9 heteroatoms. The summed E-state index contributed by atoms with van der Waals surface area (Å²) >= 11 is 0. The number of carbonyl (C=O) groups is 2. The molecule has 0 aliphatic carbocycles. The quantitative estimate of drug-likeness (QED) is 0.836. The third kappa shape index (κ3) is 3.73. The normalized spacial score (nSPS) is 17.0. The maximum atomic E-state index is 12.5. The maximum Gasteiger partial charge on any atom is 0.341 e. The number of urea groups is 1. The number of aromatic nitrogens is 1. The third-order valence-electron chi connectivity index (χ3n) is 3.99. The lowest BCUT2D eigenvalue weighted by Crippen LogP contribution is -2.53. The number of methoxy groups -OCH3 is 1. The van der Waals surface area contributed by atoms with Crippen LogP contribution in [-0.2, 0) is 4.79 Å². The van der Waals surface area contributed by atoms with Crippen molar-refractivity contribution in [1.82, 2.24) is 15.2 Å². The lowest BCUT2D eigenvalue weighted by Gasteiger charge is -2.31. The molecule has 1 saturated heterocycles. The predicted octanol–water partition coefficient (Wildman–Crippen LogP) is 1.04. The summed E-state index contributed by atoms with van der Waals surface area (Å²) < 4.78 is 9.69. The first-order chi connectivity index (χ1) is 11.0. The number of hydrogen-bond acceptors (Lipinski definition) is 6. The van der Waals surface area contributed by atoms with Crippen molar-refractivity contribution in [3.05, 3.63) is 6.07 Å². The second-order valence-corrected chi connectivity index (χ2v) is 5.51. The van der Waals surface area contributed by atoms with Gasteiger partial charge in [-0.2, -0.15) is 0 Å². The zero-order valence-corrected chi connectivity index (χ0v) is 13.6. The number of hydrogen-bond donors (Lipinski definition) is 2. The lowest BCUT2D eigenvalue weighted by molar-refractivity contribution is -0.142. The zero-order chi connectivity index (χ0) is 17.0. The van der Waals surface area contributed by atoms with E-state index in [-0.39, 0.29) is 23.6 Å². The number of nitrogens with one attached hydrogen (secondary N) is 1. The maximum absolute atomic E-state index is 12.5. The third-order valence-corrected chi connectivity index (χ3v) is 3.99. The Bertz CT molecular complexity index is 561. The molecule has 3 N–H and O–H groups in total. The fourth-order valence-electron chi connectivity index (χ4n) is 2.31. The molecule has 1 aromatic rings. The largest absolute Gasteiger partial charge is 0.467 e. The highest BCUT2D eigenvalue weighted by atomic mass is 16.6. The van der Waals surface area contributed by atoms with Gasteiger partial charge in [0.1, 0.15) is 0 Å². The molecule has 1 aromatic heterocycles. The fourth-order valence-corrected chi connectivity index (χ4v) is 2.31. The molecular formula is C14H23N5O4. The first-order valence-corrected chi connectivity index (χ1v) is 7.64. The molecule has 1 aliphatic rings. The van der Waals surface area contributed by atoms with E-state index in [9.17, 15) is 9.59 Å². The molecule has 1 aliphatic heterocycles. The SMILES string of the molecule is CC[C@H](C)[C@H](N)C(=O)N1CCCN1C(=O)Nc1cc(OC)on1. The van der Waals surface area contributed by atoms with Crippen LogP contribution in [0.5, 0.6) is 5.95 Å². The lowest BCUT2D eigenvalue weighted by atomic mass is 9.99. The van der Waals surface area contributed by atoms with Gasteiger partial charge in [0.15, 0.2) is 5.82 Å². The van der Waals surface area contributed by atoms with Crippen molar-refractivity contribution in [3.63, 3.8) is 0 Å². The van der Waals surface area contributed by atoms with Gasteiger partial charge in [-0.15, -0.1) is 0 Å². The minimum atomic E-state index is -0.624. The average Bonchev–Trinajstić information content (AvgIpc) is 3.21. The Kier molecular flexibility index (Phi) is 5.43. The van der Waals surface area contributed by atoms with Crippen LogP contribution in [0.15, 0.2) is 10.6 Å². The second kappa shape index (κ2) is 7.32. The van der Waals surface area contributed by atoms with Gasteiger partial charge in [0.2, 0.25) is 0 Å². The smallest absolute Gasteiger partial charge is 0.341 e. The molecule has 23 heavy (non-hydrogen) atoms. The standard InChI is InChI=1S/C14H23N5O4/c1-4-9(2)12(15)13(20)18-6-5-7-19(18)14(21)16-10-8-11(22-3)23-17-10/h8-9,12H,4-7,15H2,1-3H3,(H,16,17,21)/t9-,12-/m0/s1. The first-order valence-electron chi connectivity index (χ1n) is 7.64. The molecule has 0 radical (unpaired) electrons. The molecule has 3 amide bonds. The first kappa shape index (κ1) is 17.1. The minimum absolute atomic E-state index is 0.0489. The highest BCUT2D eigenvalue weighted by Crippen LogP contribution is 2.19. The van der Waals surface area contributed by atoms with Crippen LogP contribution in [0.2, 0.25) is 0 Å². The van der Waals surface area contributed by atoms with Gasteiger partial charge < -0.3 is 15.0 Å². The number of anilines is 1. The number of nitrogens with two attached hydrogens (primary N) is 1. The molecule has 0 saturated carbocycles. The van der Waals surface area contributed by atoms with Crippen LogP contribution < -0.4 is 15.8 Å². The topological polar surface area (TPSA) is 114 Å². The van der Waals surface area contributed by atoms with Crippen molar-refractivity contribution in [2.75, 3.05) is 25.5 Å². The van der Waals surface area contributed by atoms with Crippen LogP contribution in [-0.4, -0.2) is 53.4 Å². The van der Waals surface area contributed by atoms with Gasteiger partial charge in [0, 0.05) is 13.1 Å². The van der Waals surface area contributed by atoms with E-state index in [1.54, 1.807) is 0 Å². The number of nitrogens with zero attached hydrogens (tertiary/aromatic N) is 3. The highest BCUT2D eigenvalue weighted by Gasteiger charge is 2.35. The van der Waals surface area contributed by atoms with Crippen LogP contribution in [0.1, 0.15) is 26.7 Å². The summed E-state index contributed by atoms with van der Waals surface area (Å²) in [4.78, 5) is 24.8. The zero-order valence-electron chi connectivity index (χ0n) is 13.6. The molecule has 2 heterocycles. The molecule has 0 unspecified atom stereocenters. The van der Waals surface area contributed by atoms with E-state index in [0.29, 0.717) is 19.5 Å². The van der Waals surface area contributed by atoms with Crippen molar-refractivity contribution in [2.24, 2.45) is 11.7 Å². The molecule has 0 spiro atoms. The molecule has 0 aromatic carbocycles. The van der Waals surface area contributed by atoms with E-state index in [1.165, 1.54) is 23.2 Å². The van der Waals surface area contributed by atoms with E-state index in [0.717, 1.165) is 6.42 Å². The number of amides is 3. The van der Waals surface area contributed by atoms with Crippen LogP contribution in [0.25, 0.3) is 0 Å². The summed E-state index contributed by atoms with van der Waals surface area (Å²) in [5, 5.41) is 8.99. The molecule has 2 rings (SSSR count). The van der Waals surface area contributed by atoms with Crippen LogP contribution in [0, 0.1) is 5.92 Å². The molecular weight excluding hydrogens is 302 g/mol. The fraction of sp³-hybridized carbons (Fsp3) is 0.643. The second-order valence-electron chi connectivity index (χ2n) is 5.51. The van der Waals surface area contributed by atoms with Gasteiger partial charge >= 0.3 is 12.0 Å². The van der Waals surface area contributed by atoms with Gasteiger partial charge in [0.05, 0.1) is 19.2 Å². The van der Waals surface area contributed by atoms with E-state index in [1.807, 2.05) is 13.8 Å². The van der Waals surface area contributed by atoms with Crippen molar-refractivity contribution in [1.29, 1.82) is 0 Å². The summed E-state index contributed by atoms with van der Waals surface area (Å²) in [6, 6.07) is 0.370. The summed E-state index contributed by atoms with van der Waals surface area (Å²) in [6.45, 7) is 4.81. The predicted molar refractivity (Wildman–Crippen MR) is 82.5 cm³/mol. The average molecular weight is 325 g/mol. The van der Waals surface area contributed by atoms with E-state index >= 15 is 0 Å².